The molecule has 0 amide bonds. The zero-order chi connectivity index (χ0) is 27.3. The van der Waals surface area contributed by atoms with Gasteiger partial charge in [-0.25, -0.2) is 0 Å². The van der Waals surface area contributed by atoms with E-state index in [1.807, 2.05) is 42.2 Å². The molecule has 0 spiro atoms. The second-order valence-corrected chi connectivity index (χ2v) is 9.87. The summed E-state index contributed by atoms with van der Waals surface area (Å²) >= 11 is 0. The number of benzene rings is 2. The van der Waals surface area contributed by atoms with E-state index in [0.29, 0.717) is 29.3 Å². The standard InChI is InChI=1S/C27H32F3N3.C3H6/c1-18-12-11-15-23(27(28,29)30)25(18)33-20(3)16-19(2)32(21(33)4)17-24(31-26(5,6)7)22-13-9-8-10-14-22;1-3-2/h8-16,24,31H,2,4,17H2,1,3,5-7H3;3H,1H2,2H3. The van der Waals surface area contributed by atoms with Crippen molar-refractivity contribution >= 4 is 5.69 Å². The summed E-state index contributed by atoms with van der Waals surface area (Å²) in [7, 11) is 0. The van der Waals surface area contributed by atoms with E-state index in [1.165, 1.54) is 6.07 Å². The van der Waals surface area contributed by atoms with Gasteiger partial charge in [0.25, 0.3) is 0 Å². The zero-order valence-electron chi connectivity index (χ0n) is 22.2. The monoisotopic (exact) mass is 497 g/mol. The number of allylic oxidation sites excluding steroid dienone is 3. The molecule has 2 aromatic rings. The summed E-state index contributed by atoms with van der Waals surface area (Å²) in [5.41, 5.74) is 2.17. The Morgan fingerprint density at radius 2 is 1.56 bits per heavy atom. The van der Waals surface area contributed by atoms with E-state index < -0.39 is 11.7 Å². The van der Waals surface area contributed by atoms with Crippen LogP contribution in [0.2, 0.25) is 0 Å². The largest absolute Gasteiger partial charge is 0.418 e. The molecule has 1 unspecified atom stereocenters. The Balaban J connectivity index is 0.00000145. The highest BCUT2D eigenvalue weighted by molar-refractivity contribution is 5.69. The van der Waals surface area contributed by atoms with Crippen molar-refractivity contribution in [3.8, 4) is 0 Å². The molecule has 1 aliphatic rings. The molecule has 0 saturated carbocycles. The molecule has 1 aliphatic heterocycles. The zero-order valence-corrected chi connectivity index (χ0v) is 22.2. The van der Waals surface area contributed by atoms with Crippen LogP contribution in [0, 0.1) is 6.92 Å². The Hall–Kier alpha value is -3.25. The molecule has 0 radical (unpaired) electrons. The SMILES string of the molecule is C=C1C=C(C)N(c2c(C)cccc2C(F)(F)F)C(=C)N1CC(NC(C)(C)C)c1ccccc1.C=CC. The van der Waals surface area contributed by atoms with Crippen molar-refractivity contribution < 1.29 is 13.2 Å². The molecule has 36 heavy (non-hydrogen) atoms. The third-order valence-corrected chi connectivity index (χ3v) is 5.59. The van der Waals surface area contributed by atoms with Gasteiger partial charge in [-0.1, -0.05) is 61.7 Å². The lowest BCUT2D eigenvalue weighted by Crippen LogP contribution is -2.46. The number of hydrogen-bond donors (Lipinski definition) is 1. The summed E-state index contributed by atoms with van der Waals surface area (Å²) in [6.45, 7) is 23.8. The number of anilines is 1. The summed E-state index contributed by atoms with van der Waals surface area (Å²) in [6.07, 6.45) is -0.929. The molecule has 0 saturated heterocycles. The van der Waals surface area contributed by atoms with Crippen molar-refractivity contribution in [2.24, 2.45) is 0 Å². The Bertz CT molecular complexity index is 1110. The number of alkyl halides is 3. The number of nitrogens with zero attached hydrogens (tertiary/aromatic N) is 2. The van der Waals surface area contributed by atoms with Crippen LogP contribution in [0.25, 0.3) is 0 Å². The Morgan fingerprint density at radius 1 is 0.972 bits per heavy atom. The molecular weight excluding hydrogens is 459 g/mol. The lowest BCUT2D eigenvalue weighted by Gasteiger charge is -2.43. The van der Waals surface area contributed by atoms with Gasteiger partial charge < -0.3 is 15.1 Å². The molecule has 2 aromatic carbocycles. The van der Waals surface area contributed by atoms with Gasteiger partial charge in [0.1, 0.15) is 5.82 Å². The molecule has 1 heterocycles. The summed E-state index contributed by atoms with van der Waals surface area (Å²) in [6, 6.07) is 14.1. The van der Waals surface area contributed by atoms with E-state index >= 15 is 0 Å². The van der Waals surface area contributed by atoms with Crippen molar-refractivity contribution in [2.75, 3.05) is 11.4 Å². The highest BCUT2D eigenvalue weighted by Crippen LogP contribution is 2.43. The smallest absolute Gasteiger partial charge is 0.327 e. The van der Waals surface area contributed by atoms with Gasteiger partial charge in [0.2, 0.25) is 0 Å². The molecule has 0 aromatic heterocycles. The fourth-order valence-electron chi connectivity index (χ4n) is 4.21. The summed E-state index contributed by atoms with van der Waals surface area (Å²) < 4.78 is 41.7. The summed E-state index contributed by atoms with van der Waals surface area (Å²) in [4.78, 5) is 3.47. The lowest BCUT2D eigenvalue weighted by molar-refractivity contribution is -0.137. The van der Waals surface area contributed by atoms with Gasteiger partial charge in [-0.15, -0.1) is 6.58 Å². The lowest BCUT2D eigenvalue weighted by atomic mass is 10.00. The Kier molecular flexibility index (Phi) is 9.38. The first-order valence-electron chi connectivity index (χ1n) is 11.9. The number of aryl methyl sites for hydroxylation is 1. The van der Waals surface area contributed by atoms with Crippen LogP contribution >= 0.6 is 0 Å². The second kappa shape index (κ2) is 11.7. The number of para-hydroxylation sites is 1. The average molecular weight is 498 g/mol. The van der Waals surface area contributed by atoms with Crippen molar-refractivity contribution in [1.29, 1.82) is 0 Å². The van der Waals surface area contributed by atoms with Crippen molar-refractivity contribution in [3.63, 3.8) is 0 Å². The van der Waals surface area contributed by atoms with Gasteiger partial charge in [0.05, 0.1) is 17.3 Å². The molecule has 3 nitrogen and oxygen atoms in total. The first-order valence-corrected chi connectivity index (χ1v) is 11.9. The van der Waals surface area contributed by atoms with Crippen LogP contribution < -0.4 is 10.2 Å². The first-order chi connectivity index (χ1) is 16.7. The first kappa shape index (κ1) is 29.0. The molecule has 0 fully saturated rings. The minimum atomic E-state index is -4.48. The predicted molar refractivity (Wildman–Crippen MR) is 145 cm³/mol. The van der Waals surface area contributed by atoms with Gasteiger partial charge in [0, 0.05) is 23.5 Å². The van der Waals surface area contributed by atoms with E-state index in [9.17, 15) is 13.2 Å². The molecule has 1 N–H and O–H groups in total. The van der Waals surface area contributed by atoms with Gasteiger partial charge in [0.15, 0.2) is 0 Å². The van der Waals surface area contributed by atoms with Crippen LogP contribution in [0.3, 0.4) is 0 Å². The maximum atomic E-state index is 13.9. The third-order valence-electron chi connectivity index (χ3n) is 5.59. The maximum absolute atomic E-state index is 13.9. The predicted octanol–water partition coefficient (Wildman–Crippen LogP) is 8.35. The van der Waals surface area contributed by atoms with Gasteiger partial charge in [-0.3, -0.25) is 0 Å². The number of rotatable bonds is 5. The highest BCUT2D eigenvalue weighted by atomic mass is 19.4. The number of hydrogen-bond acceptors (Lipinski definition) is 3. The van der Waals surface area contributed by atoms with Crippen LogP contribution in [0.15, 0.2) is 97.6 Å². The van der Waals surface area contributed by atoms with Gasteiger partial charge >= 0.3 is 6.18 Å². The summed E-state index contributed by atoms with van der Waals surface area (Å²) in [5, 5.41) is 3.63. The fraction of sp³-hybridized carbons (Fsp3) is 0.333. The van der Waals surface area contributed by atoms with Crippen LogP contribution in [0.4, 0.5) is 18.9 Å². The maximum Gasteiger partial charge on any atom is 0.418 e. The van der Waals surface area contributed by atoms with Gasteiger partial charge in [-0.05, 0) is 64.8 Å². The topological polar surface area (TPSA) is 18.5 Å². The van der Waals surface area contributed by atoms with Crippen LogP contribution in [-0.2, 0) is 6.18 Å². The molecule has 194 valence electrons. The minimum Gasteiger partial charge on any atom is -0.327 e. The molecule has 3 rings (SSSR count). The fourth-order valence-corrected chi connectivity index (χ4v) is 4.21. The number of nitrogens with one attached hydrogen (secondary N) is 1. The van der Waals surface area contributed by atoms with Crippen molar-refractivity contribution in [2.45, 2.75) is 59.3 Å². The quantitative estimate of drug-likeness (QED) is 0.419. The third kappa shape index (κ3) is 7.14. The van der Waals surface area contributed by atoms with Crippen molar-refractivity contribution in [3.05, 3.63) is 114 Å². The molecule has 6 heteroatoms. The molecule has 0 bridgehead atoms. The normalized spacial score (nSPS) is 15.2. The van der Waals surface area contributed by atoms with Gasteiger partial charge in [-0.2, -0.15) is 13.2 Å². The molecule has 0 aliphatic carbocycles. The van der Waals surface area contributed by atoms with E-state index in [1.54, 1.807) is 37.0 Å². The van der Waals surface area contributed by atoms with E-state index in [2.05, 4.69) is 45.8 Å². The second-order valence-electron chi connectivity index (χ2n) is 9.87. The van der Waals surface area contributed by atoms with Crippen LogP contribution in [-0.4, -0.2) is 17.0 Å². The highest BCUT2D eigenvalue weighted by Gasteiger charge is 2.38. The van der Waals surface area contributed by atoms with E-state index in [-0.39, 0.29) is 17.3 Å². The van der Waals surface area contributed by atoms with Crippen molar-refractivity contribution in [1.82, 2.24) is 10.2 Å². The Morgan fingerprint density at radius 3 is 2.08 bits per heavy atom. The summed E-state index contributed by atoms with van der Waals surface area (Å²) in [5.74, 6) is 0.441. The van der Waals surface area contributed by atoms with Crippen LogP contribution in [0.5, 0.6) is 0 Å². The molecular formula is C30H38F3N3. The minimum absolute atomic E-state index is 0.0905. The van der Waals surface area contributed by atoms with E-state index in [4.69, 9.17) is 0 Å². The van der Waals surface area contributed by atoms with E-state index in [0.717, 1.165) is 11.6 Å². The number of halogens is 3. The average Bonchev–Trinajstić information content (AvgIpc) is 2.76. The van der Waals surface area contributed by atoms with Crippen LogP contribution in [0.1, 0.15) is 57.4 Å². The Labute approximate surface area is 214 Å². The molecule has 1 atom stereocenters.